The van der Waals surface area contributed by atoms with Crippen LogP contribution in [0.2, 0.25) is 0 Å². The number of benzene rings is 2. The lowest BCUT2D eigenvalue weighted by atomic mass is 10.1. The van der Waals surface area contributed by atoms with Gasteiger partial charge in [-0.3, -0.25) is 0 Å². The Morgan fingerprint density at radius 1 is 0.929 bits per heavy atom. The smallest absolute Gasteiger partial charge is 0.226 e. The van der Waals surface area contributed by atoms with Crippen LogP contribution < -0.4 is 5.32 Å². The third-order valence-corrected chi connectivity index (χ3v) is 4.64. The quantitative estimate of drug-likeness (QED) is 0.413. The highest BCUT2D eigenvalue weighted by molar-refractivity contribution is 5.83. The van der Waals surface area contributed by atoms with Crippen LogP contribution in [-0.4, -0.2) is 15.0 Å². The van der Waals surface area contributed by atoms with Crippen molar-refractivity contribution in [2.75, 3.05) is 5.32 Å². The lowest BCUT2D eigenvalue weighted by molar-refractivity contribution is 0.589. The third kappa shape index (κ3) is 3.14. The first kappa shape index (κ1) is 16.3. The Morgan fingerprint density at radius 3 is 2.82 bits per heavy atom. The minimum absolute atomic E-state index is 0.608. The monoisotopic (exact) mass is 366 g/mol. The molecule has 5 nitrogen and oxygen atoms in total. The number of oxazole rings is 1. The van der Waals surface area contributed by atoms with Gasteiger partial charge in [0.2, 0.25) is 5.89 Å². The second-order valence-electron chi connectivity index (χ2n) is 6.73. The Morgan fingerprint density at radius 2 is 1.89 bits per heavy atom. The molecule has 0 bridgehead atoms. The highest BCUT2D eigenvalue weighted by Gasteiger charge is 2.10. The van der Waals surface area contributed by atoms with Gasteiger partial charge in [-0.2, -0.15) is 0 Å². The summed E-state index contributed by atoms with van der Waals surface area (Å²) in [5.74, 6) is 2.15. The summed E-state index contributed by atoms with van der Waals surface area (Å²) in [5, 5.41) is 4.47. The van der Waals surface area contributed by atoms with Crippen molar-refractivity contribution in [3.63, 3.8) is 0 Å². The minimum Gasteiger partial charge on any atom is -0.436 e. The second kappa shape index (κ2) is 6.70. The van der Waals surface area contributed by atoms with Gasteiger partial charge in [0.05, 0.1) is 6.20 Å². The van der Waals surface area contributed by atoms with E-state index in [0.717, 1.165) is 44.9 Å². The van der Waals surface area contributed by atoms with Gasteiger partial charge in [0.15, 0.2) is 5.76 Å². The van der Waals surface area contributed by atoms with Gasteiger partial charge in [0.25, 0.3) is 0 Å². The lowest BCUT2D eigenvalue weighted by Crippen LogP contribution is -1.93. The number of hydrogen-bond acceptors (Lipinski definition) is 4. The Bertz CT molecular complexity index is 1270. The van der Waals surface area contributed by atoms with E-state index in [1.165, 1.54) is 0 Å². The van der Waals surface area contributed by atoms with E-state index in [1.54, 1.807) is 12.4 Å². The van der Waals surface area contributed by atoms with Gasteiger partial charge in [-0.05, 0) is 61.0 Å². The molecule has 0 saturated heterocycles. The maximum atomic E-state index is 6.04. The predicted molar refractivity (Wildman–Crippen MR) is 111 cm³/mol. The van der Waals surface area contributed by atoms with Gasteiger partial charge in [-0.15, -0.1) is 0 Å². The van der Waals surface area contributed by atoms with Crippen LogP contribution in [0.4, 0.5) is 11.5 Å². The predicted octanol–water partition coefficient (Wildman–Crippen LogP) is 5.94. The van der Waals surface area contributed by atoms with E-state index >= 15 is 0 Å². The van der Waals surface area contributed by atoms with E-state index < -0.39 is 0 Å². The van der Waals surface area contributed by atoms with Gasteiger partial charge < -0.3 is 14.7 Å². The molecule has 5 aromatic rings. The number of hydrogen-bond donors (Lipinski definition) is 2. The van der Waals surface area contributed by atoms with Crippen LogP contribution in [0.15, 0.2) is 83.7 Å². The van der Waals surface area contributed by atoms with Crippen molar-refractivity contribution in [2.24, 2.45) is 0 Å². The van der Waals surface area contributed by atoms with Crippen molar-refractivity contribution < 1.29 is 4.42 Å². The lowest BCUT2D eigenvalue weighted by Gasteiger charge is -2.07. The minimum atomic E-state index is 0.608. The molecule has 136 valence electrons. The molecule has 0 fully saturated rings. The van der Waals surface area contributed by atoms with Crippen LogP contribution in [0.3, 0.4) is 0 Å². The Kier molecular flexibility index (Phi) is 3.91. The van der Waals surface area contributed by atoms with Crippen LogP contribution in [-0.2, 0) is 0 Å². The molecule has 5 heteroatoms. The molecular weight excluding hydrogens is 348 g/mol. The Hall–Kier alpha value is -3.86. The second-order valence-corrected chi connectivity index (χ2v) is 6.73. The largest absolute Gasteiger partial charge is 0.436 e. The van der Waals surface area contributed by atoms with E-state index in [4.69, 9.17) is 4.42 Å². The summed E-state index contributed by atoms with van der Waals surface area (Å²) >= 11 is 0. The van der Waals surface area contributed by atoms with Gasteiger partial charge in [-0.25, -0.2) is 9.97 Å². The molecule has 0 amide bonds. The number of anilines is 2. The van der Waals surface area contributed by atoms with E-state index in [9.17, 15) is 0 Å². The number of aromatic amines is 1. The molecule has 0 spiro atoms. The van der Waals surface area contributed by atoms with Crippen molar-refractivity contribution in [1.82, 2.24) is 15.0 Å². The Balaban J connectivity index is 1.43. The molecule has 0 aliphatic rings. The zero-order chi connectivity index (χ0) is 18.9. The van der Waals surface area contributed by atoms with Crippen LogP contribution in [0.25, 0.3) is 33.7 Å². The van der Waals surface area contributed by atoms with Crippen LogP contribution >= 0.6 is 0 Å². The standard InChI is InChI=1S/C23H18N4O/c1-15-7-9-25-22(11-15)27-19-4-2-3-17(13-19)21-14-26-23(28-21)18-5-6-20-16(12-18)8-10-24-20/h2-14,24H,1H3,(H,25,27). The fraction of sp³-hybridized carbons (Fsp3) is 0.0435. The number of aromatic nitrogens is 3. The summed E-state index contributed by atoms with van der Waals surface area (Å²) in [4.78, 5) is 12.0. The average molecular weight is 366 g/mol. The Labute approximate surface area is 162 Å². The molecule has 28 heavy (non-hydrogen) atoms. The maximum Gasteiger partial charge on any atom is 0.226 e. The number of fused-ring (bicyclic) bond motifs is 1. The van der Waals surface area contributed by atoms with Crippen molar-refractivity contribution in [3.8, 4) is 22.8 Å². The summed E-state index contributed by atoms with van der Waals surface area (Å²) in [5.41, 5.74) is 5.12. The number of nitrogens with zero attached hydrogens (tertiary/aromatic N) is 2. The van der Waals surface area contributed by atoms with Crippen LogP contribution in [0.5, 0.6) is 0 Å². The summed E-state index contributed by atoms with van der Waals surface area (Å²) in [7, 11) is 0. The molecule has 5 rings (SSSR count). The summed E-state index contributed by atoms with van der Waals surface area (Å²) in [6, 6.07) is 20.2. The average Bonchev–Trinajstić information content (AvgIpc) is 3.37. The number of aryl methyl sites for hydroxylation is 1. The SMILES string of the molecule is Cc1ccnc(Nc2cccc(-c3cnc(-c4ccc5[nH]ccc5c4)o3)c2)c1. The maximum absolute atomic E-state index is 6.04. The molecule has 2 aromatic carbocycles. The van der Waals surface area contributed by atoms with Gasteiger partial charge in [0, 0.05) is 40.1 Å². The van der Waals surface area contributed by atoms with E-state index in [0.29, 0.717) is 5.89 Å². The number of pyridine rings is 1. The fourth-order valence-electron chi connectivity index (χ4n) is 3.23. The van der Waals surface area contributed by atoms with E-state index in [2.05, 4.69) is 26.3 Å². The molecule has 0 aliphatic carbocycles. The van der Waals surface area contributed by atoms with Crippen LogP contribution in [0, 0.1) is 6.92 Å². The van der Waals surface area contributed by atoms with Gasteiger partial charge >= 0.3 is 0 Å². The van der Waals surface area contributed by atoms with E-state index in [1.807, 2.05) is 67.7 Å². The summed E-state index contributed by atoms with van der Waals surface area (Å²) in [6.45, 7) is 2.05. The molecule has 0 radical (unpaired) electrons. The topological polar surface area (TPSA) is 66.7 Å². The fourth-order valence-corrected chi connectivity index (χ4v) is 3.23. The number of rotatable bonds is 4. The first-order valence-electron chi connectivity index (χ1n) is 9.08. The molecular formula is C23H18N4O. The molecule has 0 saturated carbocycles. The molecule has 0 aliphatic heterocycles. The third-order valence-electron chi connectivity index (χ3n) is 4.64. The molecule has 2 N–H and O–H groups in total. The molecule has 3 aromatic heterocycles. The molecule has 0 unspecified atom stereocenters. The van der Waals surface area contributed by atoms with Crippen molar-refractivity contribution >= 4 is 22.4 Å². The summed E-state index contributed by atoms with van der Waals surface area (Å²) in [6.07, 6.45) is 5.49. The van der Waals surface area contributed by atoms with Crippen molar-refractivity contribution in [3.05, 3.63) is 84.8 Å². The highest BCUT2D eigenvalue weighted by Crippen LogP contribution is 2.29. The molecule has 3 heterocycles. The number of nitrogens with one attached hydrogen (secondary N) is 2. The summed E-state index contributed by atoms with van der Waals surface area (Å²) < 4.78 is 6.04. The van der Waals surface area contributed by atoms with Crippen molar-refractivity contribution in [1.29, 1.82) is 0 Å². The van der Waals surface area contributed by atoms with Crippen molar-refractivity contribution in [2.45, 2.75) is 6.92 Å². The van der Waals surface area contributed by atoms with E-state index in [-0.39, 0.29) is 0 Å². The van der Waals surface area contributed by atoms with Crippen LogP contribution in [0.1, 0.15) is 5.56 Å². The van der Waals surface area contributed by atoms with Gasteiger partial charge in [0.1, 0.15) is 5.82 Å². The normalized spacial score (nSPS) is 11.0. The zero-order valence-corrected chi connectivity index (χ0v) is 15.3. The highest BCUT2D eigenvalue weighted by atomic mass is 16.4. The first-order chi connectivity index (χ1) is 13.7. The zero-order valence-electron chi connectivity index (χ0n) is 15.3. The first-order valence-corrected chi connectivity index (χ1v) is 9.08. The molecule has 0 atom stereocenters. The number of H-pyrrole nitrogens is 1. The van der Waals surface area contributed by atoms with Gasteiger partial charge in [-0.1, -0.05) is 12.1 Å².